The van der Waals surface area contributed by atoms with Gasteiger partial charge in [0.15, 0.2) is 0 Å². The maximum Gasteiger partial charge on any atom is 0.433 e. The highest BCUT2D eigenvalue weighted by atomic mass is 35.5. The average Bonchev–Trinajstić information content (AvgIpc) is 2.35. The van der Waals surface area contributed by atoms with Crippen LogP contribution in [0, 0.1) is 6.92 Å². The van der Waals surface area contributed by atoms with E-state index in [1.807, 2.05) is 0 Å². The number of hydrogen-bond acceptors (Lipinski definition) is 3. The van der Waals surface area contributed by atoms with Crippen LogP contribution in [0.15, 0.2) is 30.5 Å². The molecular weight excluding hydrogens is 291 g/mol. The lowest BCUT2D eigenvalue weighted by atomic mass is 10.2. The molecule has 0 atom stereocenters. The fraction of sp³-hybridized carbons (Fsp3) is 0.154. The number of alkyl halides is 3. The maximum absolute atomic E-state index is 12.6. The van der Waals surface area contributed by atoms with Crippen molar-refractivity contribution >= 4 is 28.7 Å². The van der Waals surface area contributed by atoms with E-state index in [9.17, 15) is 13.2 Å². The van der Waals surface area contributed by atoms with Crippen LogP contribution in [-0.2, 0) is 6.18 Å². The molecule has 0 radical (unpaired) electrons. The first kappa shape index (κ1) is 14.5. The monoisotopic (exact) mass is 301 g/mol. The second-order valence-electron chi connectivity index (χ2n) is 4.24. The van der Waals surface area contributed by atoms with Crippen molar-refractivity contribution in [3.05, 3.63) is 46.7 Å². The van der Waals surface area contributed by atoms with Crippen LogP contribution in [-0.4, -0.2) is 4.98 Å². The highest BCUT2D eigenvalue weighted by molar-refractivity contribution is 6.30. The molecule has 106 valence electrons. The number of halogens is 4. The Morgan fingerprint density at radius 1 is 1.20 bits per heavy atom. The van der Waals surface area contributed by atoms with E-state index < -0.39 is 11.9 Å². The van der Waals surface area contributed by atoms with Crippen molar-refractivity contribution in [2.45, 2.75) is 13.1 Å². The summed E-state index contributed by atoms with van der Waals surface area (Å²) in [5, 5.41) is 3.32. The summed E-state index contributed by atoms with van der Waals surface area (Å²) in [7, 11) is 0. The molecule has 0 aliphatic heterocycles. The van der Waals surface area contributed by atoms with Gasteiger partial charge in [0, 0.05) is 10.7 Å². The zero-order valence-corrected chi connectivity index (χ0v) is 11.2. The molecule has 2 aromatic rings. The third-order valence-corrected chi connectivity index (χ3v) is 2.93. The number of aryl methyl sites for hydroxylation is 1. The maximum atomic E-state index is 12.6. The summed E-state index contributed by atoms with van der Waals surface area (Å²) in [6.07, 6.45) is -3.54. The molecular formula is C13H11ClF3N3. The predicted molar refractivity (Wildman–Crippen MR) is 73.1 cm³/mol. The first-order valence-corrected chi connectivity index (χ1v) is 6.01. The van der Waals surface area contributed by atoms with Crippen LogP contribution in [0.4, 0.5) is 30.2 Å². The number of nitrogens with two attached hydrogens (primary N) is 1. The third kappa shape index (κ3) is 3.14. The van der Waals surface area contributed by atoms with E-state index in [-0.39, 0.29) is 11.4 Å². The van der Waals surface area contributed by atoms with E-state index in [1.165, 1.54) is 0 Å². The normalized spacial score (nSPS) is 11.4. The van der Waals surface area contributed by atoms with Crippen molar-refractivity contribution in [1.29, 1.82) is 0 Å². The number of aromatic nitrogens is 1. The van der Waals surface area contributed by atoms with Gasteiger partial charge in [-0.15, -0.1) is 0 Å². The van der Waals surface area contributed by atoms with Crippen molar-refractivity contribution in [3.8, 4) is 0 Å². The molecule has 3 N–H and O–H groups in total. The molecule has 3 nitrogen and oxygen atoms in total. The summed E-state index contributed by atoms with van der Waals surface area (Å²) in [6, 6.07) is 5.94. The lowest BCUT2D eigenvalue weighted by Crippen LogP contribution is -2.09. The minimum absolute atomic E-state index is 0.123. The van der Waals surface area contributed by atoms with Gasteiger partial charge in [-0.05, 0) is 30.7 Å². The molecule has 0 saturated carbocycles. The predicted octanol–water partition coefficient (Wildman–Crippen LogP) is 4.39. The van der Waals surface area contributed by atoms with Gasteiger partial charge in [0.2, 0.25) is 0 Å². The molecule has 0 bridgehead atoms. The molecule has 7 heteroatoms. The Kier molecular flexibility index (Phi) is 3.76. The minimum atomic E-state index is -4.52. The average molecular weight is 302 g/mol. The molecule has 0 saturated heterocycles. The van der Waals surface area contributed by atoms with Crippen LogP contribution in [0.1, 0.15) is 11.3 Å². The molecule has 0 aliphatic rings. The van der Waals surface area contributed by atoms with Gasteiger partial charge in [0.05, 0.1) is 17.6 Å². The van der Waals surface area contributed by atoms with Gasteiger partial charge in [-0.25, -0.2) is 4.98 Å². The summed E-state index contributed by atoms with van der Waals surface area (Å²) in [6.45, 7) is 1.81. The topological polar surface area (TPSA) is 50.9 Å². The van der Waals surface area contributed by atoms with E-state index in [4.69, 9.17) is 17.3 Å². The van der Waals surface area contributed by atoms with Crippen LogP contribution in [0.3, 0.4) is 0 Å². The van der Waals surface area contributed by atoms with Crippen LogP contribution in [0.5, 0.6) is 0 Å². The molecule has 0 unspecified atom stereocenters. The van der Waals surface area contributed by atoms with Crippen LogP contribution in [0.25, 0.3) is 0 Å². The zero-order chi connectivity index (χ0) is 14.9. The van der Waals surface area contributed by atoms with Gasteiger partial charge in [-0.1, -0.05) is 17.7 Å². The second kappa shape index (κ2) is 5.20. The summed E-state index contributed by atoms with van der Waals surface area (Å²) in [5.74, 6) is 0. The first-order chi connectivity index (χ1) is 9.27. The van der Waals surface area contributed by atoms with Crippen LogP contribution in [0.2, 0.25) is 5.02 Å². The third-order valence-electron chi connectivity index (χ3n) is 2.69. The Bertz CT molecular complexity index is 641. The molecule has 0 aliphatic carbocycles. The Morgan fingerprint density at radius 2 is 1.90 bits per heavy atom. The molecule has 0 spiro atoms. The fourth-order valence-corrected chi connectivity index (χ4v) is 1.78. The number of hydrogen-bond donors (Lipinski definition) is 2. The number of nitrogens with one attached hydrogen (secondary N) is 1. The van der Waals surface area contributed by atoms with Crippen molar-refractivity contribution in [2.24, 2.45) is 0 Å². The number of benzene rings is 1. The van der Waals surface area contributed by atoms with Gasteiger partial charge in [-0.2, -0.15) is 13.2 Å². The van der Waals surface area contributed by atoms with Crippen LogP contribution >= 0.6 is 11.6 Å². The Balaban J connectivity index is 2.40. The van der Waals surface area contributed by atoms with Crippen molar-refractivity contribution in [3.63, 3.8) is 0 Å². The number of anilines is 3. The molecule has 0 fully saturated rings. The summed E-state index contributed by atoms with van der Waals surface area (Å²) in [4.78, 5) is 3.28. The molecule has 1 aromatic carbocycles. The van der Waals surface area contributed by atoms with E-state index >= 15 is 0 Å². The number of nitrogens with zero attached hydrogens (tertiary/aromatic N) is 1. The highest BCUT2D eigenvalue weighted by Gasteiger charge is 2.33. The number of nitrogen functional groups attached to an aromatic ring is 1. The zero-order valence-electron chi connectivity index (χ0n) is 10.4. The van der Waals surface area contributed by atoms with Crippen molar-refractivity contribution in [2.75, 3.05) is 11.1 Å². The highest BCUT2D eigenvalue weighted by Crippen LogP contribution is 2.33. The van der Waals surface area contributed by atoms with E-state index in [0.29, 0.717) is 10.7 Å². The summed E-state index contributed by atoms with van der Waals surface area (Å²) in [5.41, 5.74) is 6.32. The lowest BCUT2D eigenvalue weighted by Gasteiger charge is -2.14. The summed E-state index contributed by atoms with van der Waals surface area (Å²) < 4.78 is 37.9. The van der Waals surface area contributed by atoms with E-state index in [1.54, 1.807) is 25.1 Å². The SMILES string of the molecule is Cc1ccc(Cl)cc1Nc1cc(C(F)(F)F)ncc1N. The largest absolute Gasteiger partial charge is 0.433 e. The Hall–Kier alpha value is -1.95. The van der Waals surface area contributed by atoms with Crippen molar-refractivity contribution in [1.82, 2.24) is 4.98 Å². The molecule has 2 rings (SSSR count). The van der Waals surface area contributed by atoms with Gasteiger partial charge in [-0.3, -0.25) is 0 Å². The fourth-order valence-electron chi connectivity index (χ4n) is 1.60. The Labute approximate surface area is 118 Å². The molecule has 1 aromatic heterocycles. The molecule has 0 amide bonds. The summed E-state index contributed by atoms with van der Waals surface area (Å²) >= 11 is 5.86. The Morgan fingerprint density at radius 3 is 2.55 bits per heavy atom. The molecule has 1 heterocycles. The van der Waals surface area contributed by atoms with Crippen molar-refractivity contribution < 1.29 is 13.2 Å². The number of pyridine rings is 1. The molecule has 20 heavy (non-hydrogen) atoms. The quantitative estimate of drug-likeness (QED) is 0.865. The van der Waals surface area contributed by atoms with Gasteiger partial charge < -0.3 is 11.1 Å². The lowest BCUT2D eigenvalue weighted by molar-refractivity contribution is -0.141. The number of rotatable bonds is 2. The van der Waals surface area contributed by atoms with Gasteiger partial charge >= 0.3 is 6.18 Å². The van der Waals surface area contributed by atoms with Crippen LogP contribution < -0.4 is 11.1 Å². The second-order valence-corrected chi connectivity index (χ2v) is 4.68. The minimum Gasteiger partial charge on any atom is -0.396 e. The standard InChI is InChI=1S/C13H11ClF3N3/c1-7-2-3-8(14)4-10(7)20-11-5-12(13(15,16)17)19-6-9(11)18/h2-6H,18H2,1H3,(H,19,20). The van der Waals surface area contributed by atoms with Gasteiger partial charge in [0.25, 0.3) is 0 Å². The van der Waals surface area contributed by atoms with E-state index in [2.05, 4.69) is 10.3 Å². The smallest absolute Gasteiger partial charge is 0.396 e. The first-order valence-electron chi connectivity index (χ1n) is 5.63. The van der Waals surface area contributed by atoms with E-state index in [0.717, 1.165) is 17.8 Å². The van der Waals surface area contributed by atoms with Gasteiger partial charge in [0.1, 0.15) is 5.69 Å².